The summed E-state index contributed by atoms with van der Waals surface area (Å²) in [6.45, 7) is 13.8. The zero-order chi connectivity index (χ0) is 19.6. The van der Waals surface area contributed by atoms with Gasteiger partial charge < -0.3 is 15.7 Å². The van der Waals surface area contributed by atoms with Gasteiger partial charge in [-0.1, -0.05) is 13.8 Å². The van der Waals surface area contributed by atoms with Gasteiger partial charge in [-0.05, 0) is 62.0 Å². The lowest BCUT2D eigenvalue weighted by atomic mass is 9.94. The van der Waals surface area contributed by atoms with Crippen molar-refractivity contribution in [3.63, 3.8) is 0 Å². The van der Waals surface area contributed by atoms with E-state index in [1.165, 1.54) is 12.0 Å². The lowest BCUT2D eigenvalue weighted by molar-refractivity contribution is 0.192. The number of thiophene rings is 1. The monoisotopic (exact) mass is 522 g/mol. The summed E-state index contributed by atoms with van der Waals surface area (Å²) in [6.07, 6.45) is 3.11. The number of hydrogen-bond donors (Lipinski definition) is 3. The molecule has 0 aliphatic carbocycles. The molecule has 3 N–H and O–H groups in total. The molecule has 0 saturated heterocycles. The lowest BCUT2D eigenvalue weighted by Crippen LogP contribution is -2.47. The minimum Gasteiger partial charge on any atom is -0.396 e. The van der Waals surface area contributed by atoms with E-state index in [-0.39, 0.29) is 30.6 Å². The second-order valence-corrected chi connectivity index (χ2v) is 9.05. The van der Waals surface area contributed by atoms with Gasteiger partial charge in [0.05, 0.1) is 0 Å². The minimum atomic E-state index is 0. The molecule has 2 heterocycles. The average Bonchev–Trinajstić information content (AvgIpc) is 3.11. The smallest absolute Gasteiger partial charge is 0.191 e. The van der Waals surface area contributed by atoms with E-state index in [2.05, 4.69) is 54.7 Å². The molecule has 1 aliphatic heterocycles. The van der Waals surface area contributed by atoms with Gasteiger partial charge in [-0.15, -0.1) is 35.3 Å². The Morgan fingerprint density at radius 1 is 1.32 bits per heavy atom. The van der Waals surface area contributed by atoms with E-state index in [1.807, 2.05) is 11.3 Å². The number of fused-ring (bicyclic) bond motifs is 1. The summed E-state index contributed by atoms with van der Waals surface area (Å²) in [5.74, 6) is 1.97. The quantitative estimate of drug-likeness (QED) is 0.249. The van der Waals surface area contributed by atoms with E-state index in [9.17, 15) is 5.11 Å². The summed E-state index contributed by atoms with van der Waals surface area (Å²) >= 11 is 1.89. The molecule has 28 heavy (non-hydrogen) atoms. The number of aliphatic imine (C=N–C) groups is 1. The van der Waals surface area contributed by atoms with Gasteiger partial charge in [-0.3, -0.25) is 9.89 Å². The third-order valence-electron chi connectivity index (χ3n) is 5.22. The number of nitrogens with zero attached hydrogens (tertiary/aromatic N) is 2. The highest BCUT2D eigenvalue weighted by Gasteiger charge is 2.21. The largest absolute Gasteiger partial charge is 0.396 e. The first-order valence-electron chi connectivity index (χ1n) is 10.5. The molecule has 0 saturated carbocycles. The van der Waals surface area contributed by atoms with Crippen molar-refractivity contribution < 1.29 is 5.11 Å². The molecule has 1 aliphatic rings. The lowest BCUT2D eigenvalue weighted by Gasteiger charge is -2.32. The molecule has 0 aromatic carbocycles. The van der Waals surface area contributed by atoms with Crippen molar-refractivity contribution in [2.45, 2.75) is 59.5 Å². The SMILES string of the molecule is CCNC(=NCC(CCO)CC(C)C)NCC(C)N1CCc2sccc2C1.I. The molecule has 5 nitrogen and oxygen atoms in total. The number of rotatable bonds is 10. The van der Waals surface area contributed by atoms with E-state index < -0.39 is 0 Å². The molecule has 2 atom stereocenters. The number of nitrogens with one attached hydrogen (secondary N) is 2. The third-order valence-corrected chi connectivity index (χ3v) is 6.24. The van der Waals surface area contributed by atoms with Gasteiger partial charge >= 0.3 is 0 Å². The molecular formula is C21H39IN4OS. The van der Waals surface area contributed by atoms with Crippen LogP contribution in [0, 0.1) is 11.8 Å². The molecule has 7 heteroatoms. The predicted molar refractivity (Wildman–Crippen MR) is 132 cm³/mol. The molecule has 0 bridgehead atoms. The van der Waals surface area contributed by atoms with E-state index in [4.69, 9.17) is 4.99 Å². The fourth-order valence-corrected chi connectivity index (χ4v) is 4.60. The Hall–Kier alpha value is -0.380. The molecule has 0 spiro atoms. The van der Waals surface area contributed by atoms with Crippen molar-refractivity contribution in [1.29, 1.82) is 0 Å². The second-order valence-electron chi connectivity index (χ2n) is 8.05. The Labute approximate surface area is 192 Å². The van der Waals surface area contributed by atoms with E-state index in [1.54, 1.807) is 4.88 Å². The topological polar surface area (TPSA) is 59.9 Å². The molecular weight excluding hydrogens is 483 g/mol. The normalized spacial score (nSPS) is 17.0. The van der Waals surface area contributed by atoms with E-state index in [0.717, 1.165) is 51.5 Å². The maximum absolute atomic E-state index is 9.31. The molecule has 0 amide bonds. The summed E-state index contributed by atoms with van der Waals surface area (Å²) in [6, 6.07) is 2.74. The number of hydrogen-bond acceptors (Lipinski definition) is 4. The van der Waals surface area contributed by atoms with Crippen LogP contribution in [-0.2, 0) is 13.0 Å². The standard InChI is InChI=1S/C21H38N4OS.HI/c1-5-22-21(24-14-18(7-10-26)12-16(2)3)23-13-17(4)25-9-6-20-19(15-25)8-11-27-20;/h8,11,16-18,26H,5-7,9-10,12-15H2,1-4H3,(H2,22,23,24);1H. The zero-order valence-corrected chi connectivity index (χ0v) is 21.1. The molecule has 0 radical (unpaired) electrons. The van der Waals surface area contributed by atoms with Crippen LogP contribution < -0.4 is 10.6 Å². The maximum atomic E-state index is 9.31. The summed E-state index contributed by atoms with van der Waals surface area (Å²) in [5, 5.41) is 18.4. The zero-order valence-electron chi connectivity index (χ0n) is 17.9. The molecule has 1 aromatic heterocycles. The molecule has 162 valence electrons. The molecule has 1 aromatic rings. The van der Waals surface area contributed by atoms with E-state index >= 15 is 0 Å². The molecule has 0 fully saturated rings. The van der Waals surface area contributed by atoms with Crippen LogP contribution in [0.15, 0.2) is 16.4 Å². The summed E-state index contributed by atoms with van der Waals surface area (Å²) in [7, 11) is 0. The van der Waals surface area contributed by atoms with Crippen LogP contribution in [-0.4, -0.2) is 54.8 Å². The van der Waals surface area contributed by atoms with E-state index in [0.29, 0.717) is 17.9 Å². The Bertz CT molecular complexity index is 579. The predicted octanol–water partition coefficient (Wildman–Crippen LogP) is 3.71. The number of aliphatic hydroxyl groups is 1. The highest BCUT2D eigenvalue weighted by atomic mass is 127. The first-order chi connectivity index (χ1) is 13.0. The fourth-order valence-electron chi connectivity index (χ4n) is 3.72. The van der Waals surface area contributed by atoms with Crippen LogP contribution in [0.5, 0.6) is 0 Å². The van der Waals surface area contributed by atoms with Crippen LogP contribution in [0.4, 0.5) is 0 Å². The number of halogens is 1. The van der Waals surface area contributed by atoms with Gasteiger partial charge in [0, 0.05) is 50.2 Å². The van der Waals surface area contributed by atoms with Gasteiger partial charge in [0.25, 0.3) is 0 Å². The third kappa shape index (κ3) is 8.55. The Morgan fingerprint density at radius 3 is 2.79 bits per heavy atom. The average molecular weight is 523 g/mol. The Morgan fingerprint density at radius 2 is 2.11 bits per heavy atom. The van der Waals surface area contributed by atoms with Gasteiger partial charge in [-0.25, -0.2) is 0 Å². The van der Waals surface area contributed by atoms with Crippen molar-refractivity contribution in [2.75, 3.05) is 32.8 Å². The first kappa shape index (κ1) is 25.7. The summed E-state index contributed by atoms with van der Waals surface area (Å²) in [5.41, 5.74) is 1.50. The maximum Gasteiger partial charge on any atom is 0.191 e. The van der Waals surface area contributed by atoms with Gasteiger partial charge in [0.2, 0.25) is 0 Å². The Kier molecular flexibility index (Phi) is 12.6. The van der Waals surface area contributed by atoms with Crippen LogP contribution in [0.3, 0.4) is 0 Å². The number of guanidine groups is 1. The van der Waals surface area contributed by atoms with Crippen molar-refractivity contribution >= 4 is 41.3 Å². The van der Waals surface area contributed by atoms with Crippen molar-refractivity contribution in [3.8, 4) is 0 Å². The second kappa shape index (κ2) is 13.8. The minimum absolute atomic E-state index is 0. The van der Waals surface area contributed by atoms with Crippen molar-refractivity contribution in [1.82, 2.24) is 15.5 Å². The molecule has 2 rings (SSSR count). The van der Waals surface area contributed by atoms with Gasteiger partial charge in [0.1, 0.15) is 0 Å². The fraction of sp³-hybridized carbons (Fsp3) is 0.762. The highest BCUT2D eigenvalue weighted by Crippen LogP contribution is 2.25. The van der Waals surface area contributed by atoms with Crippen molar-refractivity contribution in [3.05, 3.63) is 21.9 Å². The van der Waals surface area contributed by atoms with Gasteiger partial charge in [0.15, 0.2) is 5.96 Å². The Balaban J connectivity index is 0.00000392. The molecule has 2 unspecified atom stereocenters. The first-order valence-corrected chi connectivity index (χ1v) is 11.3. The summed E-state index contributed by atoms with van der Waals surface area (Å²) in [4.78, 5) is 8.91. The highest BCUT2D eigenvalue weighted by molar-refractivity contribution is 14.0. The van der Waals surface area contributed by atoms with Crippen LogP contribution >= 0.6 is 35.3 Å². The van der Waals surface area contributed by atoms with Crippen molar-refractivity contribution in [2.24, 2.45) is 16.8 Å². The number of aliphatic hydroxyl groups excluding tert-OH is 1. The summed E-state index contributed by atoms with van der Waals surface area (Å²) < 4.78 is 0. The van der Waals surface area contributed by atoms with Gasteiger partial charge in [-0.2, -0.15) is 0 Å². The van der Waals surface area contributed by atoms with Crippen LogP contribution in [0.2, 0.25) is 0 Å². The van der Waals surface area contributed by atoms with Crippen LogP contribution in [0.25, 0.3) is 0 Å². The van der Waals surface area contributed by atoms with Crippen LogP contribution in [0.1, 0.15) is 51.0 Å².